The molecule has 100 valence electrons. The van der Waals surface area contributed by atoms with Crippen molar-refractivity contribution in [2.75, 3.05) is 6.54 Å². The fourth-order valence-corrected chi connectivity index (χ4v) is 1.95. The highest BCUT2D eigenvalue weighted by Crippen LogP contribution is 2.23. The number of amides is 2. The second-order valence-electron chi connectivity index (χ2n) is 3.76. The number of rotatable bonds is 5. The first-order valence-electron chi connectivity index (χ1n) is 5.96. The van der Waals surface area contributed by atoms with Crippen LogP contribution in [0, 0.1) is 0 Å². The Bertz CT molecular complexity index is 511. The van der Waals surface area contributed by atoms with Gasteiger partial charge in [0.25, 0.3) is 5.19 Å². The third-order valence-corrected chi connectivity index (χ3v) is 2.98. The predicted molar refractivity (Wildman–Crippen MR) is 74.5 cm³/mol. The van der Waals surface area contributed by atoms with Gasteiger partial charge >= 0.3 is 6.03 Å². The van der Waals surface area contributed by atoms with Crippen molar-refractivity contribution in [2.24, 2.45) is 0 Å². The molecule has 2 amide bonds. The van der Waals surface area contributed by atoms with Gasteiger partial charge in [-0.15, -0.1) is 0 Å². The van der Waals surface area contributed by atoms with E-state index in [4.69, 9.17) is 4.74 Å². The largest absolute Gasteiger partial charge is 0.431 e. The average molecular weight is 277 g/mol. The number of nitrogens with zero attached hydrogens (tertiary/aromatic N) is 1. The lowest BCUT2D eigenvalue weighted by atomic mass is 10.2. The molecule has 0 fully saturated rings. The number of hydrogen-bond acceptors (Lipinski definition) is 4. The SMILES string of the molecule is CCNC(=O)NCc1ccc(Oc2nccs2)cc1. The Labute approximate surface area is 115 Å². The van der Waals surface area contributed by atoms with E-state index < -0.39 is 0 Å². The highest BCUT2D eigenvalue weighted by atomic mass is 32.1. The molecule has 0 bridgehead atoms. The van der Waals surface area contributed by atoms with Crippen molar-refractivity contribution in [1.82, 2.24) is 15.6 Å². The molecule has 0 radical (unpaired) electrons. The quantitative estimate of drug-likeness (QED) is 0.883. The van der Waals surface area contributed by atoms with Crippen molar-refractivity contribution in [2.45, 2.75) is 13.5 Å². The molecule has 0 aliphatic heterocycles. The number of urea groups is 1. The van der Waals surface area contributed by atoms with Gasteiger partial charge in [0.05, 0.1) is 0 Å². The van der Waals surface area contributed by atoms with Gasteiger partial charge in [-0.05, 0) is 24.6 Å². The molecule has 0 aliphatic carbocycles. The summed E-state index contributed by atoms with van der Waals surface area (Å²) in [7, 11) is 0. The van der Waals surface area contributed by atoms with Crippen LogP contribution in [0.5, 0.6) is 10.9 Å². The highest BCUT2D eigenvalue weighted by Gasteiger charge is 2.01. The number of carbonyl (C=O) groups excluding carboxylic acids is 1. The molecule has 19 heavy (non-hydrogen) atoms. The van der Waals surface area contributed by atoms with E-state index in [1.165, 1.54) is 11.3 Å². The van der Waals surface area contributed by atoms with Gasteiger partial charge in [0.1, 0.15) is 5.75 Å². The molecule has 0 atom stereocenters. The average Bonchev–Trinajstić information content (AvgIpc) is 2.91. The molecule has 0 saturated carbocycles. The summed E-state index contributed by atoms with van der Waals surface area (Å²) in [6.45, 7) is 2.99. The summed E-state index contributed by atoms with van der Waals surface area (Å²) in [4.78, 5) is 15.3. The zero-order chi connectivity index (χ0) is 13.5. The molecule has 1 aromatic heterocycles. The molecule has 0 saturated heterocycles. The zero-order valence-electron chi connectivity index (χ0n) is 10.6. The molecule has 1 heterocycles. The van der Waals surface area contributed by atoms with E-state index in [1.807, 2.05) is 36.6 Å². The van der Waals surface area contributed by atoms with Gasteiger partial charge in [-0.3, -0.25) is 0 Å². The fourth-order valence-electron chi connectivity index (χ4n) is 1.44. The van der Waals surface area contributed by atoms with Crippen molar-refractivity contribution in [3.8, 4) is 10.9 Å². The summed E-state index contributed by atoms with van der Waals surface area (Å²) in [6.07, 6.45) is 1.70. The minimum atomic E-state index is -0.161. The molecule has 0 aliphatic rings. The van der Waals surface area contributed by atoms with Crippen LogP contribution < -0.4 is 15.4 Å². The van der Waals surface area contributed by atoms with Crippen LogP contribution in [0.2, 0.25) is 0 Å². The van der Waals surface area contributed by atoms with E-state index in [1.54, 1.807) is 6.20 Å². The van der Waals surface area contributed by atoms with Crippen molar-refractivity contribution in [1.29, 1.82) is 0 Å². The minimum absolute atomic E-state index is 0.161. The second kappa shape index (κ2) is 6.75. The van der Waals surface area contributed by atoms with E-state index in [2.05, 4.69) is 15.6 Å². The summed E-state index contributed by atoms with van der Waals surface area (Å²) in [5, 5.41) is 7.92. The number of hydrogen-bond donors (Lipinski definition) is 2. The maximum absolute atomic E-state index is 11.2. The van der Waals surface area contributed by atoms with E-state index in [9.17, 15) is 4.79 Å². The van der Waals surface area contributed by atoms with Gasteiger partial charge < -0.3 is 15.4 Å². The molecule has 0 unspecified atom stereocenters. The summed E-state index contributed by atoms with van der Waals surface area (Å²) in [5.74, 6) is 0.733. The molecule has 6 heteroatoms. The normalized spacial score (nSPS) is 9.95. The smallest absolute Gasteiger partial charge is 0.315 e. The van der Waals surface area contributed by atoms with Crippen LogP contribution in [-0.4, -0.2) is 17.6 Å². The summed E-state index contributed by atoms with van der Waals surface area (Å²) < 4.78 is 5.55. The molecule has 5 nitrogen and oxygen atoms in total. The van der Waals surface area contributed by atoms with Gasteiger partial charge in [0.2, 0.25) is 0 Å². The first-order valence-corrected chi connectivity index (χ1v) is 6.84. The predicted octanol–water partition coefficient (Wildman–Crippen LogP) is 2.75. The maximum Gasteiger partial charge on any atom is 0.315 e. The number of benzene rings is 1. The minimum Gasteiger partial charge on any atom is -0.431 e. The first-order chi connectivity index (χ1) is 9.28. The summed E-state index contributed by atoms with van der Waals surface area (Å²) in [6, 6.07) is 7.38. The lowest BCUT2D eigenvalue weighted by Crippen LogP contribution is -2.34. The van der Waals surface area contributed by atoms with Crippen LogP contribution in [0.1, 0.15) is 12.5 Å². The van der Waals surface area contributed by atoms with E-state index >= 15 is 0 Å². The highest BCUT2D eigenvalue weighted by molar-refractivity contribution is 7.11. The molecule has 1 aromatic carbocycles. The van der Waals surface area contributed by atoms with E-state index in [0.29, 0.717) is 18.3 Å². The summed E-state index contributed by atoms with van der Waals surface area (Å²) >= 11 is 1.44. The Balaban J connectivity index is 1.86. The van der Waals surface area contributed by atoms with Gasteiger partial charge in [-0.2, -0.15) is 0 Å². The lowest BCUT2D eigenvalue weighted by Gasteiger charge is -2.07. The Morgan fingerprint density at radius 3 is 2.74 bits per heavy atom. The van der Waals surface area contributed by atoms with Gasteiger partial charge in [0.15, 0.2) is 0 Å². The van der Waals surface area contributed by atoms with E-state index in [0.717, 1.165) is 11.3 Å². The Morgan fingerprint density at radius 1 is 1.32 bits per heavy atom. The zero-order valence-corrected chi connectivity index (χ0v) is 11.4. The first kappa shape index (κ1) is 13.4. The number of ether oxygens (including phenoxy) is 1. The molecule has 2 rings (SSSR count). The van der Waals surface area contributed by atoms with Crippen LogP contribution in [-0.2, 0) is 6.54 Å². The number of carbonyl (C=O) groups is 1. The van der Waals surface area contributed by atoms with Gasteiger partial charge in [-0.1, -0.05) is 23.5 Å². The van der Waals surface area contributed by atoms with Gasteiger partial charge in [-0.25, -0.2) is 9.78 Å². The van der Waals surface area contributed by atoms with Gasteiger partial charge in [0, 0.05) is 24.7 Å². The van der Waals surface area contributed by atoms with Crippen LogP contribution in [0.15, 0.2) is 35.8 Å². The van der Waals surface area contributed by atoms with Crippen LogP contribution in [0.3, 0.4) is 0 Å². The number of thiazole rings is 1. The van der Waals surface area contributed by atoms with Crippen LogP contribution in [0.4, 0.5) is 4.79 Å². The molecular formula is C13H15N3O2S. The van der Waals surface area contributed by atoms with Crippen LogP contribution in [0.25, 0.3) is 0 Å². The molecular weight excluding hydrogens is 262 g/mol. The molecule has 2 N–H and O–H groups in total. The second-order valence-corrected chi connectivity index (χ2v) is 4.61. The van der Waals surface area contributed by atoms with Crippen molar-refractivity contribution in [3.05, 3.63) is 41.4 Å². The van der Waals surface area contributed by atoms with Crippen molar-refractivity contribution < 1.29 is 9.53 Å². The lowest BCUT2D eigenvalue weighted by molar-refractivity contribution is 0.241. The Morgan fingerprint density at radius 2 is 2.11 bits per heavy atom. The third kappa shape index (κ3) is 4.26. The van der Waals surface area contributed by atoms with Crippen molar-refractivity contribution in [3.63, 3.8) is 0 Å². The number of aromatic nitrogens is 1. The van der Waals surface area contributed by atoms with E-state index in [-0.39, 0.29) is 6.03 Å². The molecule has 2 aromatic rings. The maximum atomic E-state index is 11.2. The monoisotopic (exact) mass is 277 g/mol. The Kier molecular flexibility index (Phi) is 4.74. The fraction of sp³-hybridized carbons (Fsp3) is 0.231. The standard InChI is InChI=1S/C13H15N3O2S/c1-2-14-12(17)16-9-10-3-5-11(6-4-10)18-13-15-7-8-19-13/h3-8H,2,9H2,1H3,(H2,14,16,17). The molecule has 0 spiro atoms. The Hall–Kier alpha value is -2.08. The van der Waals surface area contributed by atoms with Crippen molar-refractivity contribution >= 4 is 17.4 Å². The topological polar surface area (TPSA) is 63.2 Å². The number of nitrogens with one attached hydrogen (secondary N) is 2. The van der Waals surface area contributed by atoms with Crippen LogP contribution >= 0.6 is 11.3 Å². The summed E-state index contributed by atoms with van der Waals surface area (Å²) in [5.41, 5.74) is 1.01. The third-order valence-electron chi connectivity index (χ3n) is 2.33.